The molecule has 3 aliphatic rings. The summed E-state index contributed by atoms with van der Waals surface area (Å²) >= 11 is 0. The molecule has 2 fully saturated rings. The van der Waals surface area contributed by atoms with Gasteiger partial charge in [0.25, 0.3) is 0 Å². The van der Waals surface area contributed by atoms with Crippen LogP contribution in [0, 0.1) is 5.92 Å². The Morgan fingerprint density at radius 1 is 0.760 bits per heavy atom. The Kier molecular flexibility index (Phi) is 4.40. The fourth-order valence-electron chi connectivity index (χ4n) is 3.39. The number of hydrogen-bond donors (Lipinski definition) is 0. The second-order valence-corrected chi connectivity index (χ2v) is 9.68. The van der Waals surface area contributed by atoms with Gasteiger partial charge in [-0.15, -0.1) is 0 Å². The third-order valence-corrected chi connectivity index (χ3v) is 6.68. The van der Waals surface area contributed by atoms with Crippen LogP contribution in [0.4, 0.5) is 0 Å². The van der Waals surface area contributed by atoms with Crippen molar-refractivity contribution in [3.05, 3.63) is 23.7 Å². The molecule has 0 aromatic heterocycles. The zero-order valence-electron chi connectivity index (χ0n) is 17.2. The Morgan fingerprint density at radius 3 is 1.64 bits per heavy atom. The SMILES string of the molecule is CC1C=C(B2OC(C)(C)C(C)(C)O2)C=CC1B1OC(C)(C)C(C)(C)O1. The lowest BCUT2D eigenvalue weighted by Gasteiger charge is -2.32. The molecule has 0 amide bonds. The summed E-state index contributed by atoms with van der Waals surface area (Å²) in [6, 6.07) is 0. The van der Waals surface area contributed by atoms with Gasteiger partial charge < -0.3 is 18.6 Å². The van der Waals surface area contributed by atoms with E-state index in [1.807, 2.05) is 0 Å². The van der Waals surface area contributed by atoms with Crippen molar-refractivity contribution in [1.82, 2.24) is 0 Å². The highest BCUT2D eigenvalue weighted by atomic mass is 16.7. The van der Waals surface area contributed by atoms with Gasteiger partial charge in [0.05, 0.1) is 22.4 Å². The van der Waals surface area contributed by atoms with Crippen molar-refractivity contribution in [2.24, 2.45) is 5.92 Å². The van der Waals surface area contributed by atoms with Gasteiger partial charge in [0.2, 0.25) is 0 Å². The first-order chi connectivity index (χ1) is 11.3. The van der Waals surface area contributed by atoms with Gasteiger partial charge in [0.15, 0.2) is 0 Å². The minimum absolute atomic E-state index is 0.187. The van der Waals surface area contributed by atoms with Crippen molar-refractivity contribution in [2.45, 2.75) is 90.5 Å². The minimum atomic E-state index is -0.321. The van der Waals surface area contributed by atoms with Gasteiger partial charge in [-0.1, -0.05) is 25.2 Å². The molecule has 2 unspecified atom stereocenters. The van der Waals surface area contributed by atoms with Crippen molar-refractivity contribution < 1.29 is 18.6 Å². The number of allylic oxidation sites excluding steroid dienone is 4. The van der Waals surface area contributed by atoms with E-state index in [1.165, 1.54) is 0 Å². The molecule has 2 heterocycles. The van der Waals surface area contributed by atoms with Gasteiger partial charge in [-0.2, -0.15) is 0 Å². The van der Waals surface area contributed by atoms with Crippen LogP contribution in [0.5, 0.6) is 0 Å². The van der Waals surface area contributed by atoms with E-state index in [9.17, 15) is 0 Å². The fourth-order valence-corrected chi connectivity index (χ4v) is 3.39. The predicted octanol–water partition coefficient (Wildman–Crippen LogP) is 4.21. The first kappa shape index (κ1) is 19.2. The van der Waals surface area contributed by atoms with Crippen molar-refractivity contribution in [3.8, 4) is 0 Å². The van der Waals surface area contributed by atoms with Crippen LogP contribution in [0.1, 0.15) is 62.3 Å². The Morgan fingerprint density at radius 2 is 1.20 bits per heavy atom. The second kappa shape index (κ2) is 5.72. The first-order valence-corrected chi connectivity index (χ1v) is 9.37. The fraction of sp³-hybridized carbons (Fsp3) is 0.789. The topological polar surface area (TPSA) is 36.9 Å². The van der Waals surface area contributed by atoms with E-state index in [-0.39, 0.29) is 48.4 Å². The molecule has 2 atom stereocenters. The smallest absolute Gasteiger partial charge is 0.403 e. The number of rotatable bonds is 2. The molecule has 0 spiro atoms. The lowest BCUT2D eigenvalue weighted by molar-refractivity contribution is 0.00578. The highest BCUT2D eigenvalue weighted by Crippen LogP contribution is 2.45. The molecule has 2 saturated heterocycles. The van der Waals surface area contributed by atoms with E-state index in [0.29, 0.717) is 0 Å². The lowest BCUT2D eigenvalue weighted by atomic mass is 9.60. The van der Waals surface area contributed by atoms with Crippen LogP contribution in [-0.4, -0.2) is 36.6 Å². The maximum absolute atomic E-state index is 6.24. The Bertz CT molecular complexity index is 575. The van der Waals surface area contributed by atoms with E-state index in [2.05, 4.69) is 80.5 Å². The molecule has 0 saturated carbocycles. The zero-order chi connectivity index (χ0) is 18.8. The largest absolute Gasteiger partial charge is 0.494 e. The van der Waals surface area contributed by atoms with Crippen molar-refractivity contribution >= 4 is 14.2 Å². The predicted molar refractivity (Wildman–Crippen MR) is 102 cm³/mol. The lowest BCUT2D eigenvalue weighted by Crippen LogP contribution is -2.41. The summed E-state index contributed by atoms with van der Waals surface area (Å²) in [6.45, 7) is 18.9. The van der Waals surface area contributed by atoms with Crippen LogP contribution >= 0.6 is 0 Å². The summed E-state index contributed by atoms with van der Waals surface area (Å²) in [7, 11) is -0.546. The van der Waals surface area contributed by atoms with Crippen molar-refractivity contribution in [3.63, 3.8) is 0 Å². The highest BCUT2D eigenvalue weighted by Gasteiger charge is 2.55. The van der Waals surface area contributed by atoms with Crippen LogP contribution in [0.2, 0.25) is 5.82 Å². The van der Waals surface area contributed by atoms with E-state index >= 15 is 0 Å². The molecular weight excluding hydrogens is 314 g/mol. The second-order valence-electron chi connectivity index (χ2n) is 9.68. The quantitative estimate of drug-likeness (QED) is 0.702. The molecular formula is C19H32B2O4. The summed E-state index contributed by atoms with van der Waals surface area (Å²) < 4.78 is 24.8. The van der Waals surface area contributed by atoms with Crippen LogP contribution in [0.25, 0.3) is 0 Å². The molecule has 2 aliphatic heterocycles. The van der Waals surface area contributed by atoms with E-state index in [0.717, 1.165) is 5.47 Å². The molecule has 0 aromatic carbocycles. The third-order valence-electron chi connectivity index (χ3n) is 6.68. The Labute approximate surface area is 153 Å². The van der Waals surface area contributed by atoms with Crippen LogP contribution in [0.3, 0.4) is 0 Å². The van der Waals surface area contributed by atoms with Gasteiger partial charge in [-0.05, 0) is 66.8 Å². The van der Waals surface area contributed by atoms with Gasteiger partial charge in [0.1, 0.15) is 0 Å². The summed E-state index contributed by atoms with van der Waals surface area (Å²) in [5.41, 5.74) is -0.169. The maximum Gasteiger partial charge on any atom is 0.494 e. The van der Waals surface area contributed by atoms with E-state index < -0.39 is 0 Å². The molecule has 138 valence electrons. The zero-order valence-corrected chi connectivity index (χ0v) is 17.2. The molecule has 6 heteroatoms. The van der Waals surface area contributed by atoms with Gasteiger partial charge >= 0.3 is 14.2 Å². The van der Waals surface area contributed by atoms with Gasteiger partial charge in [0, 0.05) is 5.82 Å². The van der Waals surface area contributed by atoms with E-state index in [1.54, 1.807) is 0 Å². The summed E-state index contributed by atoms with van der Waals surface area (Å²) in [6.07, 6.45) is 6.53. The van der Waals surface area contributed by atoms with Crippen molar-refractivity contribution in [2.75, 3.05) is 0 Å². The van der Waals surface area contributed by atoms with Crippen LogP contribution < -0.4 is 0 Å². The molecule has 25 heavy (non-hydrogen) atoms. The molecule has 1 aliphatic carbocycles. The maximum atomic E-state index is 6.24. The van der Waals surface area contributed by atoms with Gasteiger partial charge in [-0.3, -0.25) is 0 Å². The molecule has 0 N–H and O–H groups in total. The molecule has 3 rings (SSSR count). The van der Waals surface area contributed by atoms with Crippen LogP contribution in [0.15, 0.2) is 23.7 Å². The molecule has 0 bridgehead atoms. The van der Waals surface area contributed by atoms with Crippen molar-refractivity contribution in [1.29, 1.82) is 0 Å². The standard InChI is InChI=1S/C19H32B2O4/c1-13-12-14(20-22-16(2,3)17(4,5)23-20)10-11-15(13)21-24-18(6,7)19(8,9)25-21/h10-13,15H,1-9H3. The summed E-state index contributed by atoms with van der Waals surface area (Å²) in [4.78, 5) is 0. The average Bonchev–Trinajstić information content (AvgIpc) is 2.78. The Balaban J connectivity index is 1.73. The van der Waals surface area contributed by atoms with Crippen LogP contribution in [-0.2, 0) is 18.6 Å². The average molecular weight is 346 g/mol. The Hall–Kier alpha value is -0.550. The summed E-state index contributed by atoms with van der Waals surface area (Å²) in [5.74, 6) is 0.473. The normalized spacial score (nSPS) is 35.2. The van der Waals surface area contributed by atoms with Gasteiger partial charge in [-0.25, -0.2) is 0 Å². The monoisotopic (exact) mass is 346 g/mol. The first-order valence-electron chi connectivity index (χ1n) is 9.37. The number of hydrogen-bond acceptors (Lipinski definition) is 4. The molecule has 0 aromatic rings. The highest BCUT2D eigenvalue weighted by molar-refractivity contribution is 6.56. The minimum Gasteiger partial charge on any atom is -0.403 e. The molecule has 4 nitrogen and oxygen atoms in total. The third kappa shape index (κ3) is 3.16. The molecule has 0 radical (unpaired) electrons. The van der Waals surface area contributed by atoms with E-state index in [4.69, 9.17) is 18.6 Å². The summed E-state index contributed by atoms with van der Waals surface area (Å²) in [5, 5.41) is 0.